The topological polar surface area (TPSA) is 136 Å². The van der Waals surface area contributed by atoms with E-state index in [0.717, 1.165) is 35.6 Å². The van der Waals surface area contributed by atoms with Gasteiger partial charge in [0, 0.05) is 42.7 Å². The van der Waals surface area contributed by atoms with Crippen LogP contribution < -0.4 is 10.6 Å². The number of rotatable bonds is 8. The van der Waals surface area contributed by atoms with Crippen molar-refractivity contribution < 1.29 is 9.53 Å². The summed E-state index contributed by atoms with van der Waals surface area (Å²) < 4.78 is 7.45. The van der Waals surface area contributed by atoms with E-state index < -0.39 is 5.60 Å². The number of hydrogen-bond acceptors (Lipinski definition) is 8. The van der Waals surface area contributed by atoms with Crippen molar-refractivity contribution in [1.82, 2.24) is 40.2 Å². The summed E-state index contributed by atoms with van der Waals surface area (Å²) in [5, 5.41) is 18.2. The Morgan fingerprint density at radius 3 is 2.59 bits per heavy atom. The van der Waals surface area contributed by atoms with E-state index in [0.29, 0.717) is 35.3 Å². The predicted molar refractivity (Wildman–Crippen MR) is 147 cm³/mol. The van der Waals surface area contributed by atoms with Crippen molar-refractivity contribution in [2.45, 2.75) is 64.0 Å². The van der Waals surface area contributed by atoms with E-state index in [2.05, 4.69) is 30.9 Å². The van der Waals surface area contributed by atoms with Gasteiger partial charge in [0.25, 0.3) is 5.91 Å². The molecule has 4 heterocycles. The van der Waals surface area contributed by atoms with Gasteiger partial charge >= 0.3 is 0 Å². The molecule has 0 radical (unpaired) electrons. The molecular weight excluding hydrogens is 518 g/mol. The van der Waals surface area contributed by atoms with Crippen molar-refractivity contribution >= 4 is 29.1 Å². The van der Waals surface area contributed by atoms with Crippen LogP contribution in [0.15, 0.2) is 42.9 Å². The zero-order chi connectivity index (χ0) is 27.6. The number of amides is 1. The summed E-state index contributed by atoms with van der Waals surface area (Å²) in [6, 6.07) is 7.34. The number of ether oxygens (including phenoxy) is 1. The summed E-state index contributed by atoms with van der Waals surface area (Å²) in [5.74, 6) is 2.84. The molecule has 1 atom stereocenters. The molecule has 1 amide bonds. The van der Waals surface area contributed by atoms with Gasteiger partial charge in [0.15, 0.2) is 11.6 Å². The number of hydrogen-bond donors (Lipinski definition) is 3. The summed E-state index contributed by atoms with van der Waals surface area (Å²) in [5.41, 5.74) is 1.82. The number of H-pyrrole nitrogens is 1. The van der Waals surface area contributed by atoms with Crippen molar-refractivity contribution in [1.29, 1.82) is 0 Å². The normalized spacial score (nSPS) is 20.0. The van der Waals surface area contributed by atoms with Crippen molar-refractivity contribution in [3.63, 3.8) is 0 Å². The van der Waals surface area contributed by atoms with Gasteiger partial charge in [-0.2, -0.15) is 10.2 Å². The Balaban J connectivity index is 1.22. The number of aryl methyl sites for hydroxylation is 2. The average Bonchev–Trinajstić information content (AvgIpc) is 3.55. The fourth-order valence-electron chi connectivity index (χ4n) is 4.94. The minimum absolute atomic E-state index is 0.125. The predicted octanol–water partition coefficient (Wildman–Crippen LogP) is 4.71. The number of pyridine rings is 1. The second-order valence-electron chi connectivity index (χ2n) is 10.0. The molecule has 4 aromatic rings. The molecule has 0 spiro atoms. The van der Waals surface area contributed by atoms with Crippen LogP contribution in [0.1, 0.15) is 67.3 Å². The van der Waals surface area contributed by atoms with E-state index >= 15 is 0 Å². The first-order chi connectivity index (χ1) is 18.7. The number of aromatic amines is 1. The van der Waals surface area contributed by atoms with Crippen LogP contribution in [0.25, 0.3) is 5.82 Å². The summed E-state index contributed by atoms with van der Waals surface area (Å²) in [4.78, 5) is 27.4. The maximum Gasteiger partial charge on any atom is 0.252 e. The fourth-order valence-corrected chi connectivity index (χ4v) is 5.08. The molecule has 0 aliphatic heterocycles. The second-order valence-corrected chi connectivity index (χ2v) is 10.5. The van der Waals surface area contributed by atoms with E-state index in [-0.39, 0.29) is 17.9 Å². The lowest BCUT2D eigenvalue weighted by Crippen LogP contribution is -2.50. The molecule has 4 aromatic heterocycles. The van der Waals surface area contributed by atoms with Crippen LogP contribution in [-0.4, -0.2) is 53.5 Å². The lowest BCUT2D eigenvalue weighted by molar-refractivity contribution is -0.148. The fraction of sp³-hybridized carbons (Fsp3) is 0.407. The Morgan fingerprint density at radius 1 is 1.18 bits per heavy atom. The quantitative estimate of drug-likeness (QED) is 0.287. The molecular formula is C27H32ClN9O2. The van der Waals surface area contributed by atoms with Crippen LogP contribution in [0.4, 0.5) is 11.6 Å². The van der Waals surface area contributed by atoms with Crippen LogP contribution >= 0.6 is 11.6 Å². The number of carbonyl (C=O) groups is 1. The van der Waals surface area contributed by atoms with Crippen molar-refractivity contribution in [2.75, 3.05) is 12.4 Å². The highest BCUT2D eigenvalue weighted by molar-refractivity contribution is 6.30. The van der Waals surface area contributed by atoms with Crippen molar-refractivity contribution in [2.24, 2.45) is 0 Å². The standard InChI is InChI=1S/C27H32ClN9O2/c1-16-11-22(33-23-12-17(2)35-36-23)34-25(31-16)19-7-9-27(39-4,10-8-19)26(38)32-18(3)20-5-6-24(29-13-20)37-15-21(28)14-30-37/h5-6,11-15,18-19H,7-10H2,1-4H3,(H,32,38)(H2,31,33,34,35,36)/t18-,19-,27+/m0/s1. The van der Waals surface area contributed by atoms with Crippen LogP contribution in [0.3, 0.4) is 0 Å². The third-order valence-corrected chi connectivity index (χ3v) is 7.40. The van der Waals surface area contributed by atoms with E-state index in [4.69, 9.17) is 26.3 Å². The first-order valence-electron chi connectivity index (χ1n) is 12.9. The van der Waals surface area contributed by atoms with Gasteiger partial charge in [-0.15, -0.1) is 0 Å². The minimum Gasteiger partial charge on any atom is -0.368 e. The van der Waals surface area contributed by atoms with Crippen LogP contribution in [0, 0.1) is 13.8 Å². The van der Waals surface area contributed by atoms with Crippen molar-refractivity contribution in [3.8, 4) is 5.82 Å². The molecule has 1 fully saturated rings. The minimum atomic E-state index is -0.901. The Labute approximate surface area is 231 Å². The summed E-state index contributed by atoms with van der Waals surface area (Å²) in [6.07, 6.45) is 7.60. The zero-order valence-electron chi connectivity index (χ0n) is 22.4. The van der Waals surface area contributed by atoms with Crippen LogP contribution in [0.2, 0.25) is 5.02 Å². The van der Waals surface area contributed by atoms with Crippen molar-refractivity contribution in [3.05, 3.63) is 70.7 Å². The van der Waals surface area contributed by atoms with E-state index in [1.807, 2.05) is 45.0 Å². The molecule has 1 saturated carbocycles. The molecule has 0 bridgehead atoms. The number of carbonyl (C=O) groups excluding carboxylic acids is 1. The smallest absolute Gasteiger partial charge is 0.252 e. The first kappa shape index (κ1) is 26.8. The molecule has 0 unspecified atom stereocenters. The van der Waals surface area contributed by atoms with E-state index in [1.165, 1.54) is 0 Å². The molecule has 5 rings (SSSR count). The third kappa shape index (κ3) is 5.94. The number of halogens is 1. The molecule has 1 aliphatic carbocycles. The average molecular weight is 550 g/mol. The molecule has 204 valence electrons. The van der Waals surface area contributed by atoms with Gasteiger partial charge in [-0.05, 0) is 58.1 Å². The monoisotopic (exact) mass is 549 g/mol. The third-order valence-electron chi connectivity index (χ3n) is 7.20. The van der Waals surface area contributed by atoms with Crippen LogP contribution in [-0.2, 0) is 9.53 Å². The lowest BCUT2D eigenvalue weighted by atomic mass is 9.77. The molecule has 12 heteroatoms. The molecule has 1 aliphatic rings. The Hall–Kier alpha value is -3.83. The van der Waals surface area contributed by atoms with Gasteiger partial charge in [-0.1, -0.05) is 17.7 Å². The highest BCUT2D eigenvalue weighted by atomic mass is 35.5. The van der Waals surface area contributed by atoms with Gasteiger partial charge in [-0.25, -0.2) is 19.6 Å². The highest BCUT2D eigenvalue weighted by Crippen LogP contribution is 2.39. The Kier molecular flexibility index (Phi) is 7.62. The number of anilines is 2. The zero-order valence-corrected chi connectivity index (χ0v) is 23.2. The van der Waals surface area contributed by atoms with E-state index in [1.54, 1.807) is 30.4 Å². The van der Waals surface area contributed by atoms with Gasteiger partial charge in [0.2, 0.25) is 0 Å². The second kappa shape index (κ2) is 11.1. The maximum atomic E-state index is 13.4. The van der Waals surface area contributed by atoms with Gasteiger partial charge in [0.05, 0.1) is 23.5 Å². The first-order valence-corrected chi connectivity index (χ1v) is 13.3. The SMILES string of the molecule is CO[C@]1(C(=O)N[C@@H](C)c2ccc(-n3cc(Cl)cn3)nc2)CC[C@H](c2nc(C)cc(Nc3cc(C)[nH]n3)n2)CC1. The summed E-state index contributed by atoms with van der Waals surface area (Å²) in [6.45, 7) is 5.83. The number of nitrogens with zero attached hydrogens (tertiary/aromatic N) is 6. The van der Waals surface area contributed by atoms with Gasteiger partial charge in [-0.3, -0.25) is 9.89 Å². The molecule has 0 saturated heterocycles. The maximum absolute atomic E-state index is 13.4. The van der Waals surface area contributed by atoms with Gasteiger partial charge in [0.1, 0.15) is 17.2 Å². The van der Waals surface area contributed by atoms with E-state index in [9.17, 15) is 4.79 Å². The molecule has 39 heavy (non-hydrogen) atoms. The Morgan fingerprint density at radius 2 is 1.97 bits per heavy atom. The van der Waals surface area contributed by atoms with Gasteiger partial charge < -0.3 is 15.4 Å². The van der Waals surface area contributed by atoms with Crippen LogP contribution in [0.5, 0.6) is 0 Å². The molecule has 0 aromatic carbocycles. The number of aromatic nitrogens is 7. The molecule has 11 nitrogen and oxygen atoms in total. The molecule has 3 N–H and O–H groups in total. The lowest BCUT2D eigenvalue weighted by Gasteiger charge is -2.38. The highest BCUT2D eigenvalue weighted by Gasteiger charge is 2.43. The summed E-state index contributed by atoms with van der Waals surface area (Å²) in [7, 11) is 1.60. The Bertz CT molecular complexity index is 1440. The number of methoxy groups -OCH3 is 1. The number of nitrogens with one attached hydrogen (secondary N) is 3. The largest absolute Gasteiger partial charge is 0.368 e. The summed E-state index contributed by atoms with van der Waals surface area (Å²) >= 11 is 5.95.